The molecule has 1 rings (SSSR count). The maximum absolute atomic E-state index is 12.2. The molecule has 1 aromatic carbocycles. The molecule has 2 heteroatoms. The van der Waals surface area contributed by atoms with E-state index in [1.54, 1.807) is 0 Å². The summed E-state index contributed by atoms with van der Waals surface area (Å²) >= 11 is 0. The minimum Gasteiger partial charge on any atom is -0.246 e. The summed E-state index contributed by atoms with van der Waals surface area (Å²) < 4.78 is 12.2. The van der Waals surface area contributed by atoms with Gasteiger partial charge in [0.2, 0.25) is 0 Å². The Hall–Kier alpha value is -0.785. The van der Waals surface area contributed by atoms with Gasteiger partial charge in [0.05, 0.1) is 0 Å². The molecular weight excluding hydrogens is 126 g/mol. The van der Waals surface area contributed by atoms with Crippen molar-refractivity contribution >= 4 is 12.7 Å². The van der Waals surface area contributed by atoms with Crippen molar-refractivity contribution in [2.75, 3.05) is 0 Å². The largest absolute Gasteiger partial charge is 0.246 e. The zero-order valence-electron chi connectivity index (χ0n) is 6.10. The summed E-state index contributed by atoms with van der Waals surface area (Å²) in [5.74, 6) is 0. The van der Waals surface area contributed by atoms with Gasteiger partial charge in [0.15, 0.2) is 7.28 Å². The molecule has 0 bridgehead atoms. The van der Waals surface area contributed by atoms with Gasteiger partial charge in [0.25, 0.3) is 0 Å². The molecule has 0 aliphatic heterocycles. The standard InChI is InChI=1S/C8H10BF/c1-9-8-5-3-2-4-7(8)6-10/h2-5,9H,6H2,1H3. The van der Waals surface area contributed by atoms with Crippen LogP contribution in [-0.4, -0.2) is 7.28 Å². The van der Waals surface area contributed by atoms with Crippen LogP contribution in [-0.2, 0) is 6.67 Å². The molecule has 0 aliphatic rings. The normalized spacial score (nSPS) is 9.40. The van der Waals surface area contributed by atoms with Crippen molar-refractivity contribution in [3.63, 3.8) is 0 Å². The summed E-state index contributed by atoms with van der Waals surface area (Å²) in [5.41, 5.74) is 1.94. The van der Waals surface area contributed by atoms with E-state index in [4.69, 9.17) is 0 Å². The minimum absolute atomic E-state index is 0.343. The van der Waals surface area contributed by atoms with Crippen LogP contribution in [0.5, 0.6) is 0 Å². The molecule has 0 N–H and O–H groups in total. The summed E-state index contributed by atoms with van der Waals surface area (Å²) in [4.78, 5) is 0. The molecule has 0 heterocycles. The first-order valence-corrected chi connectivity index (χ1v) is 3.51. The third-order valence-corrected chi connectivity index (χ3v) is 1.64. The Balaban J connectivity index is 2.96. The summed E-state index contributed by atoms with van der Waals surface area (Å²) in [6.45, 7) is 1.69. The minimum atomic E-state index is -0.343. The first-order valence-electron chi connectivity index (χ1n) is 3.51. The van der Waals surface area contributed by atoms with Gasteiger partial charge in [-0.05, 0) is 5.56 Å². The van der Waals surface area contributed by atoms with E-state index >= 15 is 0 Å². The van der Waals surface area contributed by atoms with Crippen LogP contribution in [0.3, 0.4) is 0 Å². The van der Waals surface area contributed by atoms with Gasteiger partial charge in [-0.2, -0.15) is 0 Å². The van der Waals surface area contributed by atoms with Crippen molar-refractivity contribution in [1.82, 2.24) is 0 Å². The predicted molar refractivity (Wildman–Crippen MR) is 43.9 cm³/mol. The summed E-state index contributed by atoms with van der Waals surface area (Å²) in [5, 5.41) is 0. The highest BCUT2D eigenvalue weighted by molar-refractivity contribution is 6.52. The van der Waals surface area contributed by atoms with Crippen LogP contribution >= 0.6 is 0 Å². The van der Waals surface area contributed by atoms with Crippen molar-refractivity contribution in [3.05, 3.63) is 29.8 Å². The van der Waals surface area contributed by atoms with Crippen LogP contribution in [0.4, 0.5) is 4.39 Å². The monoisotopic (exact) mass is 136 g/mol. The molecule has 0 saturated carbocycles. The Kier molecular flexibility index (Phi) is 2.49. The molecule has 0 saturated heterocycles. The quantitative estimate of drug-likeness (QED) is 0.537. The maximum Gasteiger partial charge on any atom is 0.155 e. The van der Waals surface area contributed by atoms with Gasteiger partial charge in [0.1, 0.15) is 6.67 Å². The van der Waals surface area contributed by atoms with Crippen LogP contribution in [0.2, 0.25) is 6.82 Å². The van der Waals surface area contributed by atoms with E-state index in [9.17, 15) is 4.39 Å². The van der Waals surface area contributed by atoms with Crippen molar-refractivity contribution in [3.8, 4) is 0 Å². The van der Waals surface area contributed by atoms with Crippen molar-refractivity contribution in [2.45, 2.75) is 13.5 Å². The number of hydrogen-bond donors (Lipinski definition) is 0. The highest BCUT2D eigenvalue weighted by Crippen LogP contribution is 1.96. The second-order valence-electron chi connectivity index (χ2n) is 2.26. The molecule has 0 amide bonds. The first kappa shape index (κ1) is 7.32. The smallest absolute Gasteiger partial charge is 0.155 e. The zero-order valence-corrected chi connectivity index (χ0v) is 6.10. The SMILES string of the molecule is CBc1ccccc1CF. The summed E-state index contributed by atoms with van der Waals surface area (Å²) in [6, 6.07) is 7.61. The van der Waals surface area contributed by atoms with Crippen molar-refractivity contribution in [2.24, 2.45) is 0 Å². The maximum atomic E-state index is 12.2. The molecule has 0 unspecified atom stereocenters. The molecule has 0 atom stereocenters. The molecule has 1 aromatic rings. The van der Waals surface area contributed by atoms with Crippen LogP contribution in [0.15, 0.2) is 24.3 Å². The van der Waals surface area contributed by atoms with Gasteiger partial charge < -0.3 is 0 Å². The molecule has 0 aliphatic carbocycles. The highest BCUT2D eigenvalue weighted by Gasteiger charge is 1.96. The lowest BCUT2D eigenvalue weighted by molar-refractivity contribution is 0.487. The second-order valence-corrected chi connectivity index (χ2v) is 2.26. The Morgan fingerprint density at radius 3 is 2.60 bits per heavy atom. The Bertz CT molecular complexity index is 187. The van der Waals surface area contributed by atoms with E-state index in [0.717, 1.165) is 18.3 Å². The summed E-state index contributed by atoms with van der Waals surface area (Å²) in [7, 11) is 0.917. The van der Waals surface area contributed by atoms with Gasteiger partial charge in [-0.15, -0.1) is 0 Å². The Labute approximate surface area is 61.3 Å². The number of halogens is 1. The molecule has 10 heavy (non-hydrogen) atoms. The van der Waals surface area contributed by atoms with Crippen molar-refractivity contribution < 1.29 is 4.39 Å². The van der Waals surface area contributed by atoms with Gasteiger partial charge in [-0.25, -0.2) is 4.39 Å². The van der Waals surface area contributed by atoms with E-state index in [0.29, 0.717) is 0 Å². The molecule has 0 aromatic heterocycles. The molecule has 0 spiro atoms. The van der Waals surface area contributed by atoms with E-state index in [-0.39, 0.29) is 6.67 Å². The van der Waals surface area contributed by atoms with Gasteiger partial charge in [0, 0.05) is 0 Å². The average molecular weight is 136 g/mol. The van der Waals surface area contributed by atoms with Gasteiger partial charge >= 0.3 is 0 Å². The van der Waals surface area contributed by atoms with E-state index in [2.05, 4.69) is 0 Å². The first-order chi connectivity index (χ1) is 4.88. The lowest BCUT2D eigenvalue weighted by Gasteiger charge is -2.00. The van der Waals surface area contributed by atoms with E-state index in [1.807, 2.05) is 31.1 Å². The third kappa shape index (κ3) is 1.38. The Morgan fingerprint density at radius 2 is 2.10 bits per heavy atom. The second kappa shape index (κ2) is 3.40. The number of rotatable bonds is 2. The molecule has 0 nitrogen and oxygen atoms in total. The predicted octanol–water partition coefficient (Wildman–Crippen LogP) is 1.27. The average Bonchev–Trinajstić information content (AvgIpc) is 2.04. The Morgan fingerprint density at radius 1 is 1.40 bits per heavy atom. The van der Waals surface area contributed by atoms with E-state index in [1.165, 1.54) is 0 Å². The third-order valence-electron chi connectivity index (χ3n) is 1.64. The number of alkyl halides is 1. The van der Waals surface area contributed by atoms with Gasteiger partial charge in [-0.1, -0.05) is 36.6 Å². The van der Waals surface area contributed by atoms with Crippen LogP contribution in [0, 0.1) is 0 Å². The highest BCUT2D eigenvalue weighted by atomic mass is 19.1. The molecular formula is C8H10BF. The number of benzene rings is 1. The van der Waals surface area contributed by atoms with Crippen molar-refractivity contribution in [1.29, 1.82) is 0 Å². The van der Waals surface area contributed by atoms with Crippen LogP contribution in [0.1, 0.15) is 5.56 Å². The van der Waals surface area contributed by atoms with Gasteiger partial charge in [-0.3, -0.25) is 0 Å². The zero-order chi connectivity index (χ0) is 7.40. The lowest BCUT2D eigenvalue weighted by Crippen LogP contribution is -2.14. The number of hydrogen-bond acceptors (Lipinski definition) is 0. The fourth-order valence-corrected chi connectivity index (χ4v) is 1.03. The molecule has 52 valence electrons. The summed E-state index contributed by atoms with van der Waals surface area (Å²) in [6.07, 6.45) is 0. The lowest BCUT2D eigenvalue weighted by atomic mass is 9.71. The fourth-order valence-electron chi connectivity index (χ4n) is 1.03. The molecule has 0 fully saturated rings. The van der Waals surface area contributed by atoms with E-state index < -0.39 is 0 Å². The topological polar surface area (TPSA) is 0 Å². The fraction of sp³-hybridized carbons (Fsp3) is 0.250. The van der Waals surface area contributed by atoms with Crippen LogP contribution in [0.25, 0.3) is 0 Å². The van der Waals surface area contributed by atoms with Crippen LogP contribution < -0.4 is 5.46 Å². The molecule has 0 radical (unpaired) electrons.